The van der Waals surface area contributed by atoms with Gasteiger partial charge in [0.15, 0.2) is 0 Å². The normalized spacial score (nSPS) is 12.3. The van der Waals surface area contributed by atoms with Crippen LogP contribution in [0, 0.1) is 11.3 Å². The van der Waals surface area contributed by atoms with Gasteiger partial charge in [-0.05, 0) is 17.7 Å². The van der Waals surface area contributed by atoms with Gasteiger partial charge >= 0.3 is 5.97 Å². The topological polar surface area (TPSA) is 150 Å². The smallest absolute Gasteiger partial charge is 0.322 e. The number of rotatable bonds is 7. The van der Waals surface area contributed by atoms with Gasteiger partial charge in [0.05, 0.1) is 23.8 Å². The summed E-state index contributed by atoms with van der Waals surface area (Å²) in [5.74, 6) is -2.44. The summed E-state index contributed by atoms with van der Waals surface area (Å²) in [4.78, 5) is 21.5. The minimum Gasteiger partial charge on any atom is -0.480 e. The maximum absolute atomic E-state index is 12.0. The maximum Gasteiger partial charge on any atom is 0.322 e. The number of nitriles is 1. The molecule has 8 nitrogen and oxygen atoms in total. The molecule has 1 rings (SSSR count). The first-order valence-electron chi connectivity index (χ1n) is 5.75. The fourth-order valence-electron chi connectivity index (χ4n) is 1.51. The van der Waals surface area contributed by atoms with Gasteiger partial charge in [0.25, 0.3) is 0 Å². The second kappa shape index (κ2) is 6.83. The second-order valence-corrected chi connectivity index (χ2v) is 5.88. The number of aliphatic carboxylic acids is 1. The quantitative estimate of drug-likeness (QED) is 0.609. The van der Waals surface area contributed by atoms with Crippen LogP contribution in [0.3, 0.4) is 0 Å². The first-order valence-corrected chi connectivity index (χ1v) is 7.24. The summed E-state index contributed by atoms with van der Waals surface area (Å²) in [6.07, 6.45) is -0.520. The highest BCUT2D eigenvalue weighted by atomic mass is 32.2. The van der Waals surface area contributed by atoms with Crippen molar-refractivity contribution in [2.75, 3.05) is 0 Å². The molecule has 0 aliphatic carbocycles. The summed E-state index contributed by atoms with van der Waals surface area (Å²) in [5.41, 5.74) is 5.50. The van der Waals surface area contributed by atoms with Crippen LogP contribution in [0.25, 0.3) is 0 Å². The van der Waals surface area contributed by atoms with Crippen molar-refractivity contribution in [3.05, 3.63) is 29.8 Å². The third-order valence-corrected chi connectivity index (χ3v) is 4.01. The Kier molecular flexibility index (Phi) is 5.40. The van der Waals surface area contributed by atoms with Gasteiger partial charge in [-0.3, -0.25) is 9.59 Å². The molecular weight excluding hydrogens is 298 g/mol. The van der Waals surface area contributed by atoms with E-state index in [9.17, 15) is 18.0 Å². The van der Waals surface area contributed by atoms with E-state index in [4.69, 9.17) is 16.1 Å². The van der Waals surface area contributed by atoms with Crippen LogP contribution in [-0.2, 0) is 26.0 Å². The van der Waals surface area contributed by atoms with Crippen molar-refractivity contribution in [3.8, 4) is 6.07 Å². The van der Waals surface area contributed by atoms with Crippen molar-refractivity contribution >= 4 is 21.9 Å². The highest BCUT2D eigenvalue weighted by Crippen LogP contribution is 2.12. The lowest BCUT2D eigenvalue weighted by Crippen LogP contribution is -2.43. The Balaban J connectivity index is 2.96. The molecule has 1 amide bonds. The summed E-state index contributed by atoms with van der Waals surface area (Å²) in [7, 11) is -4.10. The predicted octanol–water partition coefficient (Wildman–Crippen LogP) is -0.640. The average Bonchev–Trinajstić information content (AvgIpc) is 2.38. The first-order chi connectivity index (χ1) is 9.76. The maximum atomic E-state index is 12.0. The van der Waals surface area contributed by atoms with Crippen LogP contribution in [0.1, 0.15) is 12.0 Å². The highest BCUT2D eigenvalue weighted by molar-refractivity contribution is 7.89. The largest absolute Gasteiger partial charge is 0.480 e. The Morgan fingerprint density at radius 1 is 1.33 bits per heavy atom. The molecule has 1 aromatic rings. The zero-order chi connectivity index (χ0) is 16.0. The number of carbonyl (C=O) groups is 2. The molecule has 1 atom stereocenters. The SMILES string of the molecule is N#CCc1ccc(S(=O)(=O)N[C@@H](CC(N)=O)C(=O)O)cc1. The summed E-state index contributed by atoms with van der Waals surface area (Å²) >= 11 is 0. The molecule has 0 spiro atoms. The molecule has 0 saturated carbocycles. The number of nitrogens with zero attached hydrogens (tertiary/aromatic N) is 1. The molecule has 0 fully saturated rings. The van der Waals surface area contributed by atoms with E-state index in [2.05, 4.69) is 0 Å². The zero-order valence-corrected chi connectivity index (χ0v) is 11.6. The molecule has 21 heavy (non-hydrogen) atoms. The van der Waals surface area contributed by atoms with Gasteiger partial charge in [0.1, 0.15) is 6.04 Å². The Morgan fingerprint density at radius 3 is 2.33 bits per heavy atom. The van der Waals surface area contributed by atoms with Crippen LogP contribution in [0.2, 0.25) is 0 Å². The molecule has 9 heteroatoms. The van der Waals surface area contributed by atoms with Crippen LogP contribution >= 0.6 is 0 Å². The Labute approximate surface area is 121 Å². The lowest BCUT2D eigenvalue weighted by Gasteiger charge is -2.13. The number of primary amides is 1. The molecule has 0 bridgehead atoms. The Morgan fingerprint density at radius 2 is 1.90 bits per heavy atom. The Bertz CT molecular complexity index is 676. The molecule has 112 valence electrons. The van der Waals surface area contributed by atoms with Crippen LogP contribution in [0.5, 0.6) is 0 Å². The molecule has 4 N–H and O–H groups in total. The van der Waals surface area contributed by atoms with Gasteiger partial charge in [-0.25, -0.2) is 8.42 Å². The molecule has 0 radical (unpaired) electrons. The van der Waals surface area contributed by atoms with E-state index in [1.807, 2.05) is 10.8 Å². The number of carboxylic acid groups (broad SMARTS) is 1. The Hall–Kier alpha value is -2.44. The fourth-order valence-corrected chi connectivity index (χ4v) is 2.70. The summed E-state index contributed by atoms with van der Waals surface area (Å²) < 4.78 is 25.9. The molecule has 0 heterocycles. The minimum atomic E-state index is -4.10. The standard InChI is InChI=1S/C12H13N3O5S/c13-6-5-8-1-3-9(4-2-8)21(19,20)15-10(12(17)18)7-11(14)16/h1-4,10,15H,5,7H2,(H2,14,16)(H,17,18)/t10-/m0/s1. The van der Waals surface area contributed by atoms with Crippen molar-refractivity contribution in [1.82, 2.24) is 4.72 Å². The second-order valence-electron chi connectivity index (χ2n) is 4.16. The number of hydrogen-bond donors (Lipinski definition) is 3. The monoisotopic (exact) mass is 311 g/mol. The molecule has 0 aliphatic heterocycles. The zero-order valence-electron chi connectivity index (χ0n) is 10.8. The number of benzene rings is 1. The number of nitrogens with two attached hydrogens (primary N) is 1. The van der Waals surface area contributed by atoms with E-state index >= 15 is 0 Å². The molecule has 1 aromatic carbocycles. The van der Waals surface area contributed by atoms with Crippen molar-refractivity contribution in [2.24, 2.45) is 5.73 Å². The fraction of sp³-hybridized carbons (Fsp3) is 0.250. The van der Waals surface area contributed by atoms with Gasteiger partial charge in [-0.1, -0.05) is 12.1 Å². The lowest BCUT2D eigenvalue weighted by molar-refractivity contribution is -0.140. The van der Waals surface area contributed by atoms with Crippen LogP contribution < -0.4 is 10.5 Å². The van der Waals surface area contributed by atoms with E-state index in [1.54, 1.807) is 0 Å². The minimum absolute atomic E-state index is 0.132. The van der Waals surface area contributed by atoms with Gasteiger partial charge in [-0.2, -0.15) is 9.98 Å². The van der Waals surface area contributed by atoms with E-state index in [0.717, 1.165) is 0 Å². The first kappa shape index (κ1) is 16.6. The molecule has 0 aromatic heterocycles. The molecular formula is C12H13N3O5S. The van der Waals surface area contributed by atoms with Crippen LogP contribution in [-0.4, -0.2) is 31.4 Å². The number of sulfonamides is 1. The summed E-state index contributed by atoms with van der Waals surface area (Å²) in [6, 6.07) is 5.67. The van der Waals surface area contributed by atoms with E-state index in [1.165, 1.54) is 24.3 Å². The molecule has 0 unspecified atom stereocenters. The van der Waals surface area contributed by atoms with Gasteiger partial charge in [0.2, 0.25) is 15.9 Å². The summed E-state index contributed by atoms with van der Waals surface area (Å²) in [5, 5.41) is 17.4. The van der Waals surface area contributed by atoms with E-state index in [0.29, 0.717) is 5.56 Å². The molecule has 0 saturated heterocycles. The number of amides is 1. The highest BCUT2D eigenvalue weighted by Gasteiger charge is 2.26. The third kappa shape index (κ3) is 4.87. The number of hydrogen-bond acceptors (Lipinski definition) is 5. The lowest BCUT2D eigenvalue weighted by atomic mass is 10.2. The van der Waals surface area contributed by atoms with E-state index < -0.39 is 34.4 Å². The van der Waals surface area contributed by atoms with Crippen molar-refractivity contribution in [1.29, 1.82) is 5.26 Å². The van der Waals surface area contributed by atoms with Crippen molar-refractivity contribution in [3.63, 3.8) is 0 Å². The van der Waals surface area contributed by atoms with Crippen LogP contribution in [0.4, 0.5) is 0 Å². The third-order valence-electron chi connectivity index (χ3n) is 2.52. The van der Waals surface area contributed by atoms with Gasteiger partial charge in [0, 0.05) is 0 Å². The van der Waals surface area contributed by atoms with Gasteiger partial charge < -0.3 is 10.8 Å². The van der Waals surface area contributed by atoms with Crippen molar-refractivity contribution < 1.29 is 23.1 Å². The van der Waals surface area contributed by atoms with E-state index in [-0.39, 0.29) is 11.3 Å². The van der Waals surface area contributed by atoms with Crippen LogP contribution in [0.15, 0.2) is 29.2 Å². The number of carbonyl (C=O) groups excluding carboxylic acids is 1. The average molecular weight is 311 g/mol. The number of nitrogens with one attached hydrogen (secondary N) is 1. The van der Waals surface area contributed by atoms with Crippen molar-refractivity contribution in [2.45, 2.75) is 23.8 Å². The summed E-state index contributed by atoms with van der Waals surface area (Å²) in [6.45, 7) is 0. The predicted molar refractivity (Wildman–Crippen MR) is 71.3 cm³/mol. The number of carboxylic acids is 1. The molecule has 0 aliphatic rings. The van der Waals surface area contributed by atoms with Gasteiger partial charge in [-0.15, -0.1) is 0 Å².